The maximum absolute atomic E-state index is 4.35. The highest BCUT2D eigenvalue weighted by molar-refractivity contribution is 5.90. The van der Waals surface area contributed by atoms with E-state index in [-0.39, 0.29) is 0 Å². The zero-order valence-corrected chi connectivity index (χ0v) is 8.95. The Kier molecular flexibility index (Phi) is 1.91. The van der Waals surface area contributed by atoms with E-state index in [1.54, 1.807) is 0 Å². The molecule has 3 nitrogen and oxygen atoms in total. The fraction of sp³-hybridized carbons (Fsp3) is 0.417. The molecule has 0 saturated carbocycles. The molecule has 0 radical (unpaired) electrons. The predicted molar refractivity (Wildman–Crippen MR) is 62.3 cm³/mol. The molecule has 0 atom stereocenters. The van der Waals surface area contributed by atoms with Crippen LogP contribution in [0.25, 0.3) is 11.0 Å². The number of aromatic nitrogens is 2. The van der Waals surface area contributed by atoms with E-state index in [1.807, 2.05) is 6.20 Å². The lowest BCUT2D eigenvalue weighted by atomic mass is 10.2. The van der Waals surface area contributed by atoms with E-state index < -0.39 is 0 Å². The van der Waals surface area contributed by atoms with Gasteiger partial charge in [0.2, 0.25) is 0 Å². The lowest BCUT2D eigenvalue weighted by Gasteiger charge is -2.17. The minimum atomic E-state index is 1.01. The highest BCUT2D eigenvalue weighted by atomic mass is 15.1. The van der Waals surface area contributed by atoms with Gasteiger partial charge in [0.25, 0.3) is 0 Å². The highest BCUT2D eigenvalue weighted by Crippen LogP contribution is 2.28. The molecule has 2 aromatic rings. The van der Waals surface area contributed by atoms with Gasteiger partial charge in [-0.2, -0.15) is 0 Å². The van der Waals surface area contributed by atoms with E-state index in [0.29, 0.717) is 0 Å². The van der Waals surface area contributed by atoms with Crippen molar-refractivity contribution in [2.75, 3.05) is 18.0 Å². The van der Waals surface area contributed by atoms with Crippen LogP contribution in [0.15, 0.2) is 18.3 Å². The monoisotopic (exact) mass is 201 g/mol. The van der Waals surface area contributed by atoms with Crippen LogP contribution < -0.4 is 4.90 Å². The van der Waals surface area contributed by atoms with Crippen molar-refractivity contribution < 1.29 is 0 Å². The summed E-state index contributed by atoms with van der Waals surface area (Å²) in [6.07, 6.45) is 4.52. The van der Waals surface area contributed by atoms with Crippen molar-refractivity contribution in [3.63, 3.8) is 0 Å². The second kappa shape index (κ2) is 3.26. The molecular weight excluding hydrogens is 186 g/mol. The maximum atomic E-state index is 4.35. The number of fused-ring (bicyclic) bond motifs is 1. The molecule has 1 N–H and O–H groups in total. The van der Waals surface area contributed by atoms with Crippen LogP contribution in [0.5, 0.6) is 0 Å². The summed E-state index contributed by atoms with van der Waals surface area (Å²) in [6, 6.07) is 4.32. The van der Waals surface area contributed by atoms with E-state index >= 15 is 0 Å². The number of aromatic amines is 1. The van der Waals surface area contributed by atoms with E-state index in [2.05, 4.69) is 33.9 Å². The topological polar surface area (TPSA) is 31.9 Å². The number of hydrogen-bond donors (Lipinski definition) is 1. The van der Waals surface area contributed by atoms with Crippen LogP contribution in [0, 0.1) is 6.92 Å². The summed E-state index contributed by atoms with van der Waals surface area (Å²) in [7, 11) is 0. The van der Waals surface area contributed by atoms with Crippen molar-refractivity contribution in [2.45, 2.75) is 19.8 Å². The lowest BCUT2D eigenvalue weighted by Crippen LogP contribution is -2.17. The molecule has 1 aliphatic heterocycles. The SMILES string of the molecule is Cc1cc2c(N3CCCC3)ccnc2[nH]1. The Morgan fingerprint density at radius 2 is 2.13 bits per heavy atom. The number of rotatable bonds is 1. The first kappa shape index (κ1) is 8.77. The van der Waals surface area contributed by atoms with Crippen molar-refractivity contribution >= 4 is 16.7 Å². The van der Waals surface area contributed by atoms with Gasteiger partial charge >= 0.3 is 0 Å². The molecule has 78 valence electrons. The minimum Gasteiger partial charge on any atom is -0.371 e. The van der Waals surface area contributed by atoms with Gasteiger partial charge in [0, 0.05) is 36.1 Å². The van der Waals surface area contributed by atoms with Crippen molar-refractivity contribution in [1.29, 1.82) is 0 Å². The Morgan fingerprint density at radius 1 is 1.33 bits per heavy atom. The van der Waals surface area contributed by atoms with Crippen LogP contribution in [0.2, 0.25) is 0 Å². The number of nitrogens with one attached hydrogen (secondary N) is 1. The third-order valence-electron chi connectivity index (χ3n) is 3.09. The zero-order chi connectivity index (χ0) is 10.3. The van der Waals surface area contributed by atoms with Gasteiger partial charge in [0.15, 0.2) is 0 Å². The molecule has 0 aromatic carbocycles. The average molecular weight is 201 g/mol. The molecule has 3 heteroatoms. The number of nitrogens with zero attached hydrogens (tertiary/aromatic N) is 2. The van der Waals surface area contributed by atoms with Gasteiger partial charge in [-0.1, -0.05) is 0 Å². The van der Waals surface area contributed by atoms with E-state index in [0.717, 1.165) is 5.65 Å². The number of aryl methyl sites for hydroxylation is 1. The first-order valence-corrected chi connectivity index (χ1v) is 5.54. The van der Waals surface area contributed by atoms with Crippen LogP contribution in [0.1, 0.15) is 18.5 Å². The lowest BCUT2D eigenvalue weighted by molar-refractivity contribution is 0.949. The van der Waals surface area contributed by atoms with Gasteiger partial charge in [0.1, 0.15) is 5.65 Å². The number of hydrogen-bond acceptors (Lipinski definition) is 2. The van der Waals surface area contributed by atoms with Gasteiger partial charge in [-0.3, -0.25) is 0 Å². The summed E-state index contributed by atoms with van der Waals surface area (Å²) in [5.74, 6) is 0. The third kappa shape index (κ3) is 1.39. The number of pyridine rings is 1. The third-order valence-corrected chi connectivity index (χ3v) is 3.09. The summed E-state index contributed by atoms with van der Waals surface area (Å²) < 4.78 is 0. The summed E-state index contributed by atoms with van der Waals surface area (Å²) in [5.41, 5.74) is 3.53. The Labute approximate surface area is 89.1 Å². The predicted octanol–water partition coefficient (Wildman–Crippen LogP) is 2.47. The molecule has 0 bridgehead atoms. The molecule has 3 rings (SSSR count). The molecular formula is C12H15N3. The van der Waals surface area contributed by atoms with Crippen molar-refractivity contribution in [3.05, 3.63) is 24.0 Å². The standard InChI is InChI=1S/C12H15N3/c1-9-8-10-11(15-6-2-3-7-15)4-5-13-12(10)14-9/h4-5,8H,2-3,6-7H2,1H3,(H,13,14). The molecule has 15 heavy (non-hydrogen) atoms. The quantitative estimate of drug-likeness (QED) is 0.768. The summed E-state index contributed by atoms with van der Waals surface area (Å²) in [4.78, 5) is 10.1. The molecule has 0 amide bonds. The molecule has 0 spiro atoms. The highest BCUT2D eigenvalue weighted by Gasteiger charge is 2.15. The first-order chi connectivity index (χ1) is 7.34. The smallest absolute Gasteiger partial charge is 0.139 e. The molecule has 1 fully saturated rings. The maximum Gasteiger partial charge on any atom is 0.139 e. The fourth-order valence-corrected chi connectivity index (χ4v) is 2.38. The molecule has 0 aliphatic carbocycles. The van der Waals surface area contributed by atoms with Gasteiger partial charge in [0.05, 0.1) is 0 Å². The van der Waals surface area contributed by atoms with Gasteiger partial charge < -0.3 is 9.88 Å². The number of H-pyrrole nitrogens is 1. The molecule has 0 unspecified atom stereocenters. The van der Waals surface area contributed by atoms with Crippen LogP contribution in [0.3, 0.4) is 0 Å². The van der Waals surface area contributed by atoms with Crippen molar-refractivity contribution in [2.24, 2.45) is 0 Å². The number of anilines is 1. The Bertz CT molecular complexity index is 481. The summed E-state index contributed by atoms with van der Waals surface area (Å²) in [6.45, 7) is 4.45. The van der Waals surface area contributed by atoms with Gasteiger partial charge in [-0.25, -0.2) is 4.98 Å². The molecule has 3 heterocycles. The molecule has 2 aromatic heterocycles. The largest absolute Gasteiger partial charge is 0.371 e. The second-order valence-corrected chi connectivity index (χ2v) is 4.24. The van der Waals surface area contributed by atoms with Gasteiger partial charge in [-0.05, 0) is 31.9 Å². The van der Waals surface area contributed by atoms with Crippen molar-refractivity contribution in [3.8, 4) is 0 Å². The Morgan fingerprint density at radius 3 is 2.93 bits per heavy atom. The Hall–Kier alpha value is -1.51. The molecule has 1 aliphatic rings. The first-order valence-electron chi connectivity index (χ1n) is 5.54. The second-order valence-electron chi connectivity index (χ2n) is 4.24. The van der Waals surface area contributed by atoms with Crippen molar-refractivity contribution in [1.82, 2.24) is 9.97 Å². The van der Waals surface area contributed by atoms with E-state index in [9.17, 15) is 0 Å². The average Bonchev–Trinajstić information content (AvgIpc) is 2.82. The minimum absolute atomic E-state index is 1.01. The summed E-state index contributed by atoms with van der Waals surface area (Å²) in [5, 5.41) is 1.26. The van der Waals surface area contributed by atoms with Crippen LogP contribution in [-0.2, 0) is 0 Å². The Balaban J connectivity index is 2.16. The van der Waals surface area contributed by atoms with E-state index in [4.69, 9.17) is 0 Å². The molecule has 1 saturated heterocycles. The van der Waals surface area contributed by atoms with Crippen LogP contribution >= 0.6 is 0 Å². The van der Waals surface area contributed by atoms with Gasteiger partial charge in [-0.15, -0.1) is 0 Å². The van der Waals surface area contributed by atoms with Crippen LogP contribution in [-0.4, -0.2) is 23.1 Å². The van der Waals surface area contributed by atoms with E-state index in [1.165, 1.54) is 42.7 Å². The summed E-state index contributed by atoms with van der Waals surface area (Å²) >= 11 is 0. The van der Waals surface area contributed by atoms with Crippen LogP contribution in [0.4, 0.5) is 5.69 Å². The normalized spacial score (nSPS) is 16.5. The fourth-order valence-electron chi connectivity index (χ4n) is 2.38. The zero-order valence-electron chi connectivity index (χ0n) is 8.95.